The van der Waals surface area contributed by atoms with Gasteiger partial charge in [-0.3, -0.25) is 0 Å². The van der Waals surface area contributed by atoms with Gasteiger partial charge in [-0.05, 0) is 18.2 Å². The first-order valence-electron chi connectivity index (χ1n) is 4.30. The van der Waals surface area contributed by atoms with Crippen LogP contribution >= 0.6 is 15.9 Å². The minimum absolute atomic E-state index is 0.0833. The second-order valence-corrected chi connectivity index (χ2v) is 3.95. The molecule has 1 rings (SSSR count). The molecule has 1 aromatic carbocycles. The van der Waals surface area contributed by atoms with E-state index in [0.29, 0.717) is 4.47 Å². The summed E-state index contributed by atoms with van der Waals surface area (Å²) in [6.45, 7) is -1.45. The SMILES string of the molecule is N/C(=N/O)c1ccc(Br)cc1OCC(F)(F)F. The molecule has 0 atom stereocenters. The van der Waals surface area contributed by atoms with E-state index < -0.39 is 12.8 Å². The first-order valence-corrected chi connectivity index (χ1v) is 5.10. The maximum atomic E-state index is 12.0. The number of halogens is 4. The molecule has 0 aromatic heterocycles. The maximum Gasteiger partial charge on any atom is 0.422 e. The van der Waals surface area contributed by atoms with Crippen molar-refractivity contribution in [3.05, 3.63) is 28.2 Å². The van der Waals surface area contributed by atoms with Gasteiger partial charge < -0.3 is 15.7 Å². The number of nitrogens with zero attached hydrogens (tertiary/aromatic N) is 1. The summed E-state index contributed by atoms with van der Waals surface area (Å²) in [5.74, 6) is -0.443. The highest BCUT2D eigenvalue weighted by Gasteiger charge is 2.29. The van der Waals surface area contributed by atoms with Crippen molar-refractivity contribution in [3.63, 3.8) is 0 Å². The van der Waals surface area contributed by atoms with E-state index in [1.165, 1.54) is 18.2 Å². The van der Waals surface area contributed by atoms with Gasteiger partial charge in [0.05, 0.1) is 5.56 Å². The molecule has 0 amide bonds. The summed E-state index contributed by atoms with van der Waals surface area (Å²) >= 11 is 3.08. The fourth-order valence-corrected chi connectivity index (χ4v) is 1.38. The lowest BCUT2D eigenvalue weighted by atomic mass is 10.2. The molecule has 1 aromatic rings. The zero-order valence-corrected chi connectivity index (χ0v) is 9.92. The van der Waals surface area contributed by atoms with Crippen LogP contribution in [0.25, 0.3) is 0 Å². The van der Waals surface area contributed by atoms with E-state index in [2.05, 4.69) is 25.8 Å². The highest BCUT2D eigenvalue weighted by Crippen LogP contribution is 2.25. The Hall–Kier alpha value is -1.44. The van der Waals surface area contributed by atoms with E-state index >= 15 is 0 Å². The lowest BCUT2D eigenvalue weighted by Gasteiger charge is -2.12. The van der Waals surface area contributed by atoms with Crippen LogP contribution in [0.3, 0.4) is 0 Å². The van der Waals surface area contributed by atoms with Gasteiger partial charge >= 0.3 is 6.18 Å². The summed E-state index contributed by atoms with van der Waals surface area (Å²) in [4.78, 5) is 0. The molecule has 94 valence electrons. The summed E-state index contributed by atoms with van der Waals surface area (Å²) in [7, 11) is 0. The zero-order chi connectivity index (χ0) is 13.1. The van der Waals surface area contributed by atoms with Crippen LogP contribution in [0.2, 0.25) is 0 Å². The van der Waals surface area contributed by atoms with Gasteiger partial charge in [-0.15, -0.1) is 0 Å². The topological polar surface area (TPSA) is 67.8 Å². The number of hydrogen-bond acceptors (Lipinski definition) is 3. The van der Waals surface area contributed by atoms with Crippen molar-refractivity contribution < 1.29 is 23.1 Å². The van der Waals surface area contributed by atoms with E-state index in [-0.39, 0.29) is 17.1 Å². The van der Waals surface area contributed by atoms with Gasteiger partial charge in [-0.2, -0.15) is 13.2 Å². The third-order valence-electron chi connectivity index (χ3n) is 1.72. The first kappa shape index (κ1) is 13.6. The Kier molecular flexibility index (Phi) is 4.22. The van der Waals surface area contributed by atoms with Crippen LogP contribution in [-0.4, -0.2) is 23.8 Å². The molecule has 8 heteroatoms. The number of hydrogen-bond donors (Lipinski definition) is 2. The Morgan fingerprint density at radius 1 is 1.47 bits per heavy atom. The monoisotopic (exact) mass is 312 g/mol. The van der Waals surface area contributed by atoms with E-state index in [1.807, 2.05) is 0 Å². The van der Waals surface area contributed by atoms with Crippen LogP contribution in [0.4, 0.5) is 13.2 Å². The minimum atomic E-state index is -4.45. The summed E-state index contributed by atoms with van der Waals surface area (Å²) in [6, 6.07) is 4.22. The van der Waals surface area contributed by atoms with E-state index in [4.69, 9.17) is 10.9 Å². The average Bonchev–Trinajstić information content (AvgIpc) is 2.24. The summed E-state index contributed by atoms with van der Waals surface area (Å²) in [5.41, 5.74) is 5.39. The highest BCUT2D eigenvalue weighted by atomic mass is 79.9. The molecule has 0 aliphatic carbocycles. The number of oxime groups is 1. The number of nitrogens with two attached hydrogens (primary N) is 1. The van der Waals surface area contributed by atoms with Crippen molar-refractivity contribution in [1.82, 2.24) is 0 Å². The Morgan fingerprint density at radius 3 is 2.65 bits per heavy atom. The molecule has 0 radical (unpaired) electrons. The standard InChI is InChI=1S/C9H8BrF3N2O2/c10-5-1-2-6(8(14)15-16)7(3-5)17-4-9(11,12)13/h1-3,16H,4H2,(H2,14,15). The lowest BCUT2D eigenvalue weighted by Crippen LogP contribution is -2.21. The summed E-state index contributed by atoms with van der Waals surface area (Å²) in [6.07, 6.45) is -4.45. The molecular weight excluding hydrogens is 305 g/mol. The van der Waals surface area contributed by atoms with Gasteiger partial charge in [0.15, 0.2) is 12.4 Å². The van der Waals surface area contributed by atoms with Gasteiger partial charge in [-0.1, -0.05) is 21.1 Å². The molecule has 0 bridgehead atoms. The molecule has 0 heterocycles. The van der Waals surface area contributed by atoms with Crippen LogP contribution in [0.5, 0.6) is 5.75 Å². The van der Waals surface area contributed by atoms with Crippen molar-refractivity contribution in [3.8, 4) is 5.75 Å². The molecule has 0 fully saturated rings. The fourth-order valence-electron chi connectivity index (χ4n) is 1.04. The van der Waals surface area contributed by atoms with Crippen LogP contribution in [0.1, 0.15) is 5.56 Å². The molecule has 0 saturated heterocycles. The van der Waals surface area contributed by atoms with Crippen molar-refractivity contribution in [2.24, 2.45) is 10.9 Å². The molecule has 4 nitrogen and oxygen atoms in total. The molecule has 0 aliphatic rings. The van der Waals surface area contributed by atoms with Crippen molar-refractivity contribution in [1.29, 1.82) is 0 Å². The second-order valence-electron chi connectivity index (χ2n) is 3.03. The third-order valence-corrected chi connectivity index (χ3v) is 2.21. The third kappa shape index (κ3) is 4.14. The van der Waals surface area contributed by atoms with E-state index in [0.717, 1.165) is 0 Å². The molecule has 0 spiro atoms. The molecule has 3 N–H and O–H groups in total. The number of ether oxygens (including phenoxy) is 1. The molecule has 17 heavy (non-hydrogen) atoms. The van der Waals surface area contributed by atoms with E-state index in [9.17, 15) is 13.2 Å². The Balaban J connectivity index is 3.00. The maximum absolute atomic E-state index is 12.0. The van der Waals surface area contributed by atoms with Gasteiger partial charge in [-0.25, -0.2) is 0 Å². The first-order chi connectivity index (χ1) is 7.83. The highest BCUT2D eigenvalue weighted by molar-refractivity contribution is 9.10. The minimum Gasteiger partial charge on any atom is -0.483 e. The number of benzene rings is 1. The lowest BCUT2D eigenvalue weighted by molar-refractivity contribution is -0.153. The quantitative estimate of drug-likeness (QED) is 0.390. The fraction of sp³-hybridized carbons (Fsp3) is 0.222. The normalized spacial score (nSPS) is 12.6. The summed E-state index contributed by atoms with van der Waals surface area (Å²) in [5, 5.41) is 11.2. The molecule has 0 aliphatic heterocycles. The van der Waals surface area contributed by atoms with Gasteiger partial charge in [0.25, 0.3) is 0 Å². The molecule has 0 saturated carbocycles. The average molecular weight is 313 g/mol. The smallest absolute Gasteiger partial charge is 0.422 e. The predicted molar refractivity (Wildman–Crippen MR) is 58.2 cm³/mol. The summed E-state index contributed by atoms with van der Waals surface area (Å²) < 4.78 is 41.1. The van der Waals surface area contributed by atoms with Gasteiger partial charge in [0, 0.05) is 4.47 Å². The van der Waals surface area contributed by atoms with Crippen molar-refractivity contribution in [2.75, 3.05) is 6.61 Å². The Labute approximate surface area is 103 Å². The van der Waals surface area contributed by atoms with Crippen LogP contribution in [0, 0.1) is 0 Å². The predicted octanol–water partition coefficient (Wildman–Crippen LogP) is 2.48. The zero-order valence-electron chi connectivity index (χ0n) is 8.33. The van der Waals surface area contributed by atoms with Gasteiger partial charge in [0.1, 0.15) is 5.75 Å². The van der Waals surface area contributed by atoms with Crippen molar-refractivity contribution >= 4 is 21.8 Å². The Bertz CT molecular complexity index is 435. The van der Waals surface area contributed by atoms with Crippen LogP contribution in [-0.2, 0) is 0 Å². The second kappa shape index (κ2) is 5.26. The molecular formula is C9H8BrF3N2O2. The number of amidine groups is 1. The van der Waals surface area contributed by atoms with Crippen LogP contribution in [0.15, 0.2) is 27.8 Å². The van der Waals surface area contributed by atoms with Crippen LogP contribution < -0.4 is 10.5 Å². The molecule has 0 unspecified atom stereocenters. The number of alkyl halides is 3. The Morgan fingerprint density at radius 2 is 2.12 bits per heavy atom. The van der Waals surface area contributed by atoms with Gasteiger partial charge in [0.2, 0.25) is 0 Å². The number of rotatable bonds is 3. The van der Waals surface area contributed by atoms with Crippen molar-refractivity contribution in [2.45, 2.75) is 6.18 Å². The van der Waals surface area contributed by atoms with E-state index in [1.54, 1.807) is 0 Å². The largest absolute Gasteiger partial charge is 0.483 e.